The van der Waals surface area contributed by atoms with Gasteiger partial charge in [0.05, 0.1) is 16.5 Å². The van der Waals surface area contributed by atoms with Gasteiger partial charge in [0.25, 0.3) is 0 Å². The highest BCUT2D eigenvalue weighted by molar-refractivity contribution is 7.13. The van der Waals surface area contributed by atoms with Crippen LogP contribution in [0.5, 0.6) is 11.6 Å². The van der Waals surface area contributed by atoms with Crippen LogP contribution in [0, 0.1) is 18.3 Å². The molecule has 0 aliphatic carbocycles. The number of rotatable bonds is 3. The lowest BCUT2D eigenvalue weighted by atomic mass is 10.2. The molecule has 0 spiro atoms. The molecule has 5 heteroatoms. The monoisotopic (exact) mass is 293 g/mol. The highest BCUT2D eigenvalue weighted by Gasteiger charge is 2.07. The summed E-state index contributed by atoms with van der Waals surface area (Å²) in [5.41, 5.74) is 1.44. The summed E-state index contributed by atoms with van der Waals surface area (Å²) in [4.78, 5) is 9.85. The summed E-state index contributed by atoms with van der Waals surface area (Å²) < 4.78 is 5.74. The first-order chi connectivity index (χ1) is 10.2. The predicted octanol–water partition coefficient (Wildman–Crippen LogP) is 4.18. The maximum Gasteiger partial charge on any atom is 0.223 e. The number of benzene rings is 1. The minimum Gasteiger partial charge on any atom is -0.439 e. The second kappa shape index (κ2) is 5.73. The molecule has 0 bridgehead atoms. The van der Waals surface area contributed by atoms with Gasteiger partial charge in [-0.25, -0.2) is 4.98 Å². The molecule has 0 aliphatic heterocycles. The van der Waals surface area contributed by atoms with E-state index in [0.717, 1.165) is 10.6 Å². The molecular formula is C16H11N3OS. The van der Waals surface area contributed by atoms with Crippen LogP contribution in [-0.2, 0) is 0 Å². The van der Waals surface area contributed by atoms with E-state index in [1.807, 2.05) is 24.4 Å². The van der Waals surface area contributed by atoms with Gasteiger partial charge in [-0.05, 0) is 42.6 Å². The van der Waals surface area contributed by atoms with E-state index in [0.29, 0.717) is 23.0 Å². The Morgan fingerprint density at radius 1 is 1.14 bits per heavy atom. The number of aromatic nitrogens is 2. The lowest BCUT2D eigenvalue weighted by Gasteiger charge is -2.07. The Morgan fingerprint density at radius 3 is 2.62 bits per heavy atom. The fourth-order valence-electron chi connectivity index (χ4n) is 1.83. The fraction of sp³-hybridized carbons (Fsp3) is 0.0625. The first-order valence-electron chi connectivity index (χ1n) is 6.32. The van der Waals surface area contributed by atoms with Crippen molar-refractivity contribution in [2.24, 2.45) is 0 Å². The van der Waals surface area contributed by atoms with Gasteiger partial charge in [0.1, 0.15) is 5.75 Å². The summed E-state index contributed by atoms with van der Waals surface area (Å²) in [6, 6.07) is 14.7. The van der Waals surface area contributed by atoms with Crippen LogP contribution < -0.4 is 4.74 Å². The van der Waals surface area contributed by atoms with Crippen LogP contribution >= 0.6 is 11.3 Å². The Balaban J connectivity index is 1.90. The van der Waals surface area contributed by atoms with Crippen LogP contribution in [0.1, 0.15) is 11.3 Å². The molecule has 3 aromatic rings. The van der Waals surface area contributed by atoms with Crippen LogP contribution in [-0.4, -0.2) is 9.97 Å². The molecule has 0 fully saturated rings. The normalized spacial score (nSPS) is 10.1. The number of thiophene rings is 1. The van der Waals surface area contributed by atoms with Crippen LogP contribution in [0.25, 0.3) is 10.7 Å². The van der Waals surface area contributed by atoms with E-state index >= 15 is 0 Å². The van der Waals surface area contributed by atoms with Gasteiger partial charge in [-0.15, -0.1) is 11.3 Å². The van der Waals surface area contributed by atoms with Crippen molar-refractivity contribution in [3.05, 3.63) is 59.1 Å². The van der Waals surface area contributed by atoms with Crippen molar-refractivity contribution in [3.63, 3.8) is 0 Å². The zero-order valence-electron chi connectivity index (χ0n) is 11.3. The standard InChI is InChI=1S/C16H11N3OS/c1-11-9-15(19-16(18-11)14-3-2-8-21-14)20-13-6-4-12(10-17)5-7-13/h2-9H,1H3. The van der Waals surface area contributed by atoms with Gasteiger partial charge in [0, 0.05) is 11.8 Å². The Morgan fingerprint density at radius 2 is 1.95 bits per heavy atom. The summed E-state index contributed by atoms with van der Waals surface area (Å²) in [6.45, 7) is 1.91. The van der Waals surface area contributed by atoms with Gasteiger partial charge in [-0.1, -0.05) is 6.07 Å². The van der Waals surface area contributed by atoms with E-state index in [-0.39, 0.29) is 0 Å². The van der Waals surface area contributed by atoms with Crippen molar-refractivity contribution in [1.29, 1.82) is 5.26 Å². The van der Waals surface area contributed by atoms with Crippen molar-refractivity contribution in [2.45, 2.75) is 6.92 Å². The second-order valence-electron chi connectivity index (χ2n) is 4.39. The topological polar surface area (TPSA) is 58.8 Å². The number of ether oxygens (including phenoxy) is 1. The molecule has 2 aromatic heterocycles. The van der Waals surface area contributed by atoms with Gasteiger partial charge in [-0.3, -0.25) is 0 Å². The third-order valence-electron chi connectivity index (χ3n) is 2.78. The van der Waals surface area contributed by atoms with Crippen LogP contribution in [0.4, 0.5) is 0 Å². The second-order valence-corrected chi connectivity index (χ2v) is 5.33. The van der Waals surface area contributed by atoms with Crippen molar-refractivity contribution in [1.82, 2.24) is 9.97 Å². The molecule has 0 N–H and O–H groups in total. The molecule has 0 aliphatic rings. The number of nitriles is 1. The van der Waals surface area contributed by atoms with E-state index < -0.39 is 0 Å². The highest BCUT2D eigenvalue weighted by atomic mass is 32.1. The average molecular weight is 293 g/mol. The lowest BCUT2D eigenvalue weighted by Crippen LogP contribution is -1.95. The third kappa shape index (κ3) is 3.07. The van der Waals surface area contributed by atoms with E-state index in [2.05, 4.69) is 16.0 Å². The number of aryl methyl sites for hydroxylation is 1. The molecule has 0 saturated carbocycles. The molecule has 102 valence electrons. The molecule has 0 unspecified atom stereocenters. The Kier molecular flexibility index (Phi) is 3.63. The maximum absolute atomic E-state index is 8.79. The minimum atomic E-state index is 0.496. The Bertz CT molecular complexity index is 789. The summed E-state index contributed by atoms with van der Waals surface area (Å²) in [5.74, 6) is 1.80. The molecular weight excluding hydrogens is 282 g/mol. The molecule has 3 rings (SSSR count). The summed E-state index contributed by atoms with van der Waals surface area (Å²) >= 11 is 1.59. The molecule has 4 nitrogen and oxygen atoms in total. The van der Waals surface area contributed by atoms with E-state index in [1.54, 1.807) is 41.7 Å². The molecule has 2 heterocycles. The summed E-state index contributed by atoms with van der Waals surface area (Å²) in [6.07, 6.45) is 0. The first-order valence-corrected chi connectivity index (χ1v) is 7.20. The molecule has 0 atom stereocenters. The van der Waals surface area contributed by atoms with Crippen LogP contribution in [0.15, 0.2) is 47.8 Å². The quantitative estimate of drug-likeness (QED) is 0.727. The predicted molar refractivity (Wildman–Crippen MR) is 81.3 cm³/mol. The molecule has 0 radical (unpaired) electrons. The zero-order valence-corrected chi connectivity index (χ0v) is 12.1. The van der Waals surface area contributed by atoms with E-state index in [1.165, 1.54) is 0 Å². The lowest BCUT2D eigenvalue weighted by molar-refractivity contribution is 0.461. The fourth-order valence-corrected chi connectivity index (χ4v) is 2.48. The molecule has 0 amide bonds. The van der Waals surface area contributed by atoms with Crippen molar-refractivity contribution >= 4 is 11.3 Å². The smallest absolute Gasteiger partial charge is 0.223 e. The van der Waals surface area contributed by atoms with Gasteiger partial charge < -0.3 is 4.74 Å². The van der Waals surface area contributed by atoms with Gasteiger partial charge >= 0.3 is 0 Å². The first kappa shape index (κ1) is 13.3. The summed E-state index contributed by atoms with van der Waals surface area (Å²) in [5, 5.41) is 10.8. The summed E-state index contributed by atoms with van der Waals surface area (Å²) in [7, 11) is 0. The van der Waals surface area contributed by atoms with Crippen molar-refractivity contribution < 1.29 is 4.74 Å². The Labute approximate surface area is 126 Å². The zero-order chi connectivity index (χ0) is 14.7. The van der Waals surface area contributed by atoms with E-state index in [4.69, 9.17) is 10.00 Å². The van der Waals surface area contributed by atoms with Crippen LogP contribution in [0.3, 0.4) is 0 Å². The Hall–Kier alpha value is -2.71. The van der Waals surface area contributed by atoms with Crippen molar-refractivity contribution in [3.8, 4) is 28.4 Å². The van der Waals surface area contributed by atoms with Crippen molar-refractivity contribution in [2.75, 3.05) is 0 Å². The van der Waals surface area contributed by atoms with Gasteiger partial charge in [-0.2, -0.15) is 10.2 Å². The molecule has 0 saturated heterocycles. The maximum atomic E-state index is 8.79. The number of hydrogen-bond donors (Lipinski definition) is 0. The molecule has 1 aromatic carbocycles. The SMILES string of the molecule is Cc1cc(Oc2ccc(C#N)cc2)nc(-c2cccs2)n1. The largest absolute Gasteiger partial charge is 0.439 e. The third-order valence-corrected chi connectivity index (χ3v) is 3.64. The molecule has 21 heavy (non-hydrogen) atoms. The average Bonchev–Trinajstić information content (AvgIpc) is 3.02. The van der Waals surface area contributed by atoms with Crippen LogP contribution in [0.2, 0.25) is 0 Å². The highest BCUT2D eigenvalue weighted by Crippen LogP contribution is 2.26. The van der Waals surface area contributed by atoms with E-state index in [9.17, 15) is 0 Å². The number of hydrogen-bond acceptors (Lipinski definition) is 5. The van der Waals surface area contributed by atoms with Gasteiger partial charge in [0.15, 0.2) is 5.82 Å². The minimum absolute atomic E-state index is 0.496. The number of nitrogens with zero attached hydrogens (tertiary/aromatic N) is 3. The van der Waals surface area contributed by atoms with Gasteiger partial charge in [0.2, 0.25) is 5.88 Å².